The number of benzene rings is 2. The number of carbonyl (C=O) groups excluding carboxylic acids is 5. The van der Waals surface area contributed by atoms with Crippen LogP contribution in [-0.2, 0) is 20.9 Å². The quantitative estimate of drug-likeness (QED) is 0.456. The van der Waals surface area contributed by atoms with Crippen LogP contribution in [0, 0.1) is 5.82 Å². The Kier molecular flexibility index (Phi) is 5.49. The van der Waals surface area contributed by atoms with Gasteiger partial charge >= 0.3 is 17.8 Å². The zero-order valence-electron chi connectivity index (χ0n) is 15.3. The van der Waals surface area contributed by atoms with Crippen molar-refractivity contribution in [2.45, 2.75) is 13.5 Å². The van der Waals surface area contributed by atoms with Crippen molar-refractivity contribution in [1.29, 1.82) is 0 Å². The van der Waals surface area contributed by atoms with Crippen molar-refractivity contribution in [1.82, 2.24) is 9.80 Å². The van der Waals surface area contributed by atoms with Crippen molar-refractivity contribution in [3.05, 3.63) is 65.5 Å². The second kappa shape index (κ2) is 8.01. The first-order chi connectivity index (χ1) is 13.8. The predicted octanol–water partition coefficient (Wildman–Crippen LogP) is 1.96. The lowest BCUT2D eigenvalue weighted by atomic mass is 10.1. The molecule has 148 valence electrons. The van der Waals surface area contributed by atoms with E-state index in [1.54, 1.807) is 30.3 Å². The number of halogens is 1. The maximum absolute atomic E-state index is 14.2. The average Bonchev–Trinajstić information content (AvgIpc) is 2.86. The molecule has 8 nitrogen and oxygen atoms in total. The molecule has 1 fully saturated rings. The monoisotopic (exact) mass is 397 g/mol. The number of imide groups is 2. The molecule has 1 saturated heterocycles. The van der Waals surface area contributed by atoms with Gasteiger partial charge in [0.2, 0.25) is 5.91 Å². The van der Waals surface area contributed by atoms with Gasteiger partial charge in [-0.3, -0.25) is 24.1 Å². The summed E-state index contributed by atoms with van der Waals surface area (Å²) in [5.41, 5.74) is 0.424. The lowest BCUT2D eigenvalue weighted by Crippen LogP contribution is -2.37. The standard InChI is InChI=1S/C20H16FN3O5/c1-12(25)22-14-7-8-15(16(21)9-14)17(26)11-24-19(28)18(27)23(20(24)29)10-13-5-3-2-4-6-13/h2-9H,10-11H2,1H3,(H,22,25). The molecule has 1 N–H and O–H groups in total. The van der Waals surface area contributed by atoms with Gasteiger partial charge < -0.3 is 5.32 Å². The van der Waals surface area contributed by atoms with Crippen LogP contribution in [-0.4, -0.2) is 45.9 Å². The van der Waals surface area contributed by atoms with Gasteiger partial charge in [0.1, 0.15) is 5.82 Å². The smallest absolute Gasteiger partial charge is 0.326 e. The minimum atomic E-state index is -1.14. The average molecular weight is 397 g/mol. The first kappa shape index (κ1) is 19.9. The summed E-state index contributed by atoms with van der Waals surface area (Å²) in [5, 5.41) is 2.37. The largest absolute Gasteiger partial charge is 0.334 e. The fourth-order valence-corrected chi connectivity index (χ4v) is 2.85. The van der Waals surface area contributed by atoms with Gasteiger partial charge in [-0.15, -0.1) is 0 Å². The molecule has 2 aromatic carbocycles. The molecule has 1 heterocycles. The Labute approximate surface area is 164 Å². The normalized spacial score (nSPS) is 13.8. The van der Waals surface area contributed by atoms with E-state index in [4.69, 9.17) is 0 Å². The van der Waals surface area contributed by atoms with Crippen molar-refractivity contribution in [2.75, 3.05) is 11.9 Å². The first-order valence-corrected chi connectivity index (χ1v) is 8.59. The van der Waals surface area contributed by atoms with Crippen molar-refractivity contribution < 1.29 is 28.4 Å². The Morgan fingerprint density at radius 1 is 0.966 bits per heavy atom. The SMILES string of the molecule is CC(=O)Nc1ccc(C(=O)CN2C(=O)C(=O)N(Cc3ccccc3)C2=O)c(F)c1. The summed E-state index contributed by atoms with van der Waals surface area (Å²) in [4.78, 5) is 61.5. The van der Waals surface area contributed by atoms with E-state index in [9.17, 15) is 28.4 Å². The summed E-state index contributed by atoms with van der Waals surface area (Å²) in [7, 11) is 0. The number of amides is 5. The van der Waals surface area contributed by atoms with Gasteiger partial charge in [-0.2, -0.15) is 0 Å². The van der Waals surface area contributed by atoms with Crippen LogP contribution in [0.5, 0.6) is 0 Å². The molecule has 29 heavy (non-hydrogen) atoms. The van der Waals surface area contributed by atoms with Gasteiger partial charge in [-0.05, 0) is 23.8 Å². The second-order valence-corrected chi connectivity index (χ2v) is 6.35. The third-order valence-corrected chi connectivity index (χ3v) is 4.21. The maximum Gasteiger partial charge on any atom is 0.334 e. The number of hydrogen-bond donors (Lipinski definition) is 1. The molecule has 0 aromatic heterocycles. The van der Waals surface area contributed by atoms with E-state index in [1.807, 2.05) is 0 Å². The van der Waals surface area contributed by atoms with Gasteiger partial charge in [0.15, 0.2) is 5.78 Å². The second-order valence-electron chi connectivity index (χ2n) is 6.35. The molecule has 2 aromatic rings. The molecule has 1 aliphatic heterocycles. The van der Waals surface area contributed by atoms with Gasteiger partial charge in [-0.25, -0.2) is 14.1 Å². The Morgan fingerprint density at radius 3 is 2.24 bits per heavy atom. The number of hydrogen-bond acceptors (Lipinski definition) is 5. The van der Waals surface area contributed by atoms with Crippen LogP contribution in [0.3, 0.4) is 0 Å². The van der Waals surface area contributed by atoms with Crippen molar-refractivity contribution in [3.8, 4) is 0 Å². The molecule has 5 amide bonds. The number of nitrogens with zero attached hydrogens (tertiary/aromatic N) is 2. The van der Waals surface area contributed by atoms with E-state index >= 15 is 0 Å². The van der Waals surface area contributed by atoms with Crippen molar-refractivity contribution in [2.24, 2.45) is 0 Å². The highest BCUT2D eigenvalue weighted by Gasteiger charge is 2.45. The fourth-order valence-electron chi connectivity index (χ4n) is 2.85. The molecule has 0 radical (unpaired) electrons. The van der Waals surface area contributed by atoms with Crippen LogP contribution in [0.2, 0.25) is 0 Å². The highest BCUT2D eigenvalue weighted by molar-refractivity contribution is 6.45. The summed E-state index contributed by atoms with van der Waals surface area (Å²) in [6.45, 7) is 0.361. The molecular weight excluding hydrogens is 381 g/mol. The van der Waals surface area contributed by atoms with Crippen LogP contribution in [0.1, 0.15) is 22.8 Å². The number of carbonyl (C=O) groups is 5. The number of Topliss-reactive ketones (excluding diaryl/α,β-unsaturated/α-hetero) is 1. The minimum Gasteiger partial charge on any atom is -0.326 e. The van der Waals surface area contributed by atoms with E-state index < -0.39 is 41.9 Å². The van der Waals surface area contributed by atoms with E-state index in [0.717, 1.165) is 17.0 Å². The molecule has 0 aliphatic carbocycles. The molecule has 0 spiro atoms. The van der Waals surface area contributed by atoms with E-state index in [0.29, 0.717) is 10.5 Å². The molecular formula is C20H16FN3O5. The number of urea groups is 1. The number of nitrogens with one attached hydrogen (secondary N) is 1. The maximum atomic E-state index is 14.2. The topological polar surface area (TPSA) is 104 Å². The molecule has 0 unspecified atom stereocenters. The van der Waals surface area contributed by atoms with Crippen LogP contribution in [0.15, 0.2) is 48.5 Å². The summed E-state index contributed by atoms with van der Waals surface area (Å²) in [5.74, 6) is -4.38. The van der Waals surface area contributed by atoms with Gasteiger partial charge in [0, 0.05) is 12.6 Å². The van der Waals surface area contributed by atoms with Gasteiger partial charge in [-0.1, -0.05) is 30.3 Å². The van der Waals surface area contributed by atoms with Gasteiger partial charge in [0.25, 0.3) is 0 Å². The molecule has 1 aliphatic rings. The fraction of sp³-hybridized carbons (Fsp3) is 0.150. The summed E-state index contributed by atoms with van der Waals surface area (Å²) >= 11 is 0. The van der Waals surface area contributed by atoms with Gasteiger partial charge in [0.05, 0.1) is 18.7 Å². The Balaban J connectivity index is 1.75. The first-order valence-electron chi connectivity index (χ1n) is 8.59. The molecule has 0 bridgehead atoms. The Morgan fingerprint density at radius 2 is 1.62 bits per heavy atom. The summed E-state index contributed by atoms with van der Waals surface area (Å²) < 4.78 is 14.2. The third kappa shape index (κ3) is 4.18. The molecule has 0 atom stereocenters. The summed E-state index contributed by atoms with van der Waals surface area (Å²) in [6, 6.07) is 11.0. The number of ketones is 1. The lowest BCUT2D eigenvalue weighted by Gasteiger charge is -2.15. The highest BCUT2D eigenvalue weighted by atomic mass is 19.1. The molecule has 3 rings (SSSR count). The predicted molar refractivity (Wildman–Crippen MR) is 99.1 cm³/mol. The van der Waals surface area contributed by atoms with Crippen molar-refractivity contribution >= 4 is 35.2 Å². The summed E-state index contributed by atoms with van der Waals surface area (Å²) in [6.07, 6.45) is 0. The number of rotatable bonds is 6. The van der Waals surface area contributed by atoms with E-state index in [1.165, 1.54) is 13.0 Å². The molecule has 9 heteroatoms. The lowest BCUT2D eigenvalue weighted by molar-refractivity contribution is -0.143. The van der Waals surface area contributed by atoms with Crippen LogP contribution < -0.4 is 5.32 Å². The van der Waals surface area contributed by atoms with Crippen LogP contribution >= 0.6 is 0 Å². The Bertz CT molecular complexity index is 1020. The van der Waals surface area contributed by atoms with Crippen LogP contribution in [0.4, 0.5) is 14.9 Å². The molecule has 0 saturated carbocycles. The Hall–Kier alpha value is -3.88. The zero-order chi connectivity index (χ0) is 21.1. The zero-order valence-corrected chi connectivity index (χ0v) is 15.3. The van der Waals surface area contributed by atoms with Crippen LogP contribution in [0.25, 0.3) is 0 Å². The third-order valence-electron chi connectivity index (χ3n) is 4.21. The number of anilines is 1. The van der Waals surface area contributed by atoms with E-state index in [2.05, 4.69) is 5.32 Å². The van der Waals surface area contributed by atoms with Crippen molar-refractivity contribution in [3.63, 3.8) is 0 Å². The minimum absolute atomic E-state index is 0.116. The highest BCUT2D eigenvalue weighted by Crippen LogP contribution is 2.19. The van der Waals surface area contributed by atoms with E-state index in [-0.39, 0.29) is 17.8 Å².